The number of likely N-dealkylation sites (tertiary alicyclic amines) is 2. The Kier molecular flexibility index (Phi) is 12.6. The topological polar surface area (TPSA) is 193 Å². The van der Waals surface area contributed by atoms with Crippen LogP contribution in [-0.2, 0) is 28.5 Å². The predicted molar refractivity (Wildman–Crippen MR) is 258 cm³/mol. The Morgan fingerprint density at radius 1 is 0.667 bits per heavy atom. The van der Waals surface area contributed by atoms with Crippen LogP contribution in [0.4, 0.5) is 9.59 Å². The lowest BCUT2D eigenvalue weighted by Gasteiger charge is -2.31. The summed E-state index contributed by atoms with van der Waals surface area (Å²) in [6, 6.07) is 7.07. The summed E-state index contributed by atoms with van der Waals surface area (Å²) in [4.78, 5) is 73.8. The zero-order chi connectivity index (χ0) is 48.5. The van der Waals surface area contributed by atoms with E-state index in [-0.39, 0.29) is 36.2 Å². The summed E-state index contributed by atoms with van der Waals surface area (Å²) in [5.74, 6) is 1.61. The maximum absolute atomic E-state index is 14.4. The summed E-state index contributed by atoms with van der Waals surface area (Å²) in [5, 5.41) is 5.51. The number of imidazole rings is 2. The van der Waals surface area contributed by atoms with Crippen molar-refractivity contribution < 1.29 is 38.1 Å². The van der Waals surface area contributed by atoms with Gasteiger partial charge >= 0.3 is 12.2 Å². The highest BCUT2D eigenvalue weighted by molar-refractivity contribution is 5.88. The maximum Gasteiger partial charge on any atom is 0.407 e. The average molecular weight is 945 g/mol. The second-order valence-electron chi connectivity index (χ2n) is 20.9. The lowest BCUT2D eigenvalue weighted by Crippen LogP contribution is -2.52. The van der Waals surface area contributed by atoms with Crippen LogP contribution < -0.4 is 10.6 Å². The van der Waals surface area contributed by atoms with E-state index in [1.54, 1.807) is 12.0 Å². The monoisotopic (exact) mass is 945 g/mol. The predicted octanol–water partition coefficient (Wildman–Crippen LogP) is 8.94. The van der Waals surface area contributed by atoms with E-state index in [0.717, 1.165) is 54.9 Å². The molecule has 368 valence electrons. The molecule has 4 bridgehead atoms. The number of rotatable bonds is 14. The van der Waals surface area contributed by atoms with Gasteiger partial charge in [0.05, 0.1) is 56.6 Å². The van der Waals surface area contributed by atoms with Crippen molar-refractivity contribution in [1.82, 2.24) is 40.4 Å². The molecule has 69 heavy (non-hydrogen) atoms. The number of aromatic nitrogens is 4. The zero-order valence-electron chi connectivity index (χ0n) is 41.3. The van der Waals surface area contributed by atoms with Gasteiger partial charge in [0.15, 0.2) is 5.79 Å². The standard InChI is InChI=1S/C53H68N8O8/c1-9-69-53(68-8)23-40(61(26-53)50(63)46(28(4)5)59-52(65)67-7)48-55-25-38(57-48)36-19-17-34(42-30-13-15-32(22-30)44(36)42)33-16-18-35(43-31-14-12-29(21-31)41(33)43)37-24-54-47(56-37)39-11-10-20-60(39)49(62)45(27(2)3)58-51(64)66-6/h16-19,24-25,27-32,39-40,45-46H,9-15,20-23,26H2,1-8H3,(H,54,56)(H,55,57)(H,58,64)(H,59,65)/t29?,30?,31?,32?,39-,40-,45-,46-,53?/m0/s1. The highest BCUT2D eigenvalue weighted by Crippen LogP contribution is 2.62. The number of benzene rings is 2. The van der Waals surface area contributed by atoms with Gasteiger partial charge in [-0.3, -0.25) is 9.59 Å². The minimum Gasteiger partial charge on any atom is -0.453 e. The van der Waals surface area contributed by atoms with Crippen molar-refractivity contribution in [2.24, 2.45) is 11.8 Å². The SMILES string of the molecule is CCOC1(OC)C[C@@H](c2ncc(-c3ccc(-c4ccc(-c5cnc([C@@H]6CCCN6C(=O)[C@@H](NC(=O)OC)C(C)C)[nH]5)c5c4C4CCC5C4)c4c3C3CCC4C3)[nH]2)N(C(=O)[C@@H](NC(=O)OC)C(C)C)C1. The van der Waals surface area contributed by atoms with Gasteiger partial charge in [0, 0.05) is 37.8 Å². The van der Waals surface area contributed by atoms with Gasteiger partial charge in [-0.15, -0.1) is 0 Å². The number of carbonyl (C=O) groups excluding carboxylic acids is 4. The summed E-state index contributed by atoms with van der Waals surface area (Å²) >= 11 is 0. The summed E-state index contributed by atoms with van der Waals surface area (Å²) in [6.45, 7) is 10.8. The molecule has 2 saturated heterocycles. The Labute approximate surface area is 404 Å². The second kappa shape index (κ2) is 18.5. The van der Waals surface area contributed by atoms with Crippen molar-refractivity contribution in [2.45, 2.75) is 146 Å². The Morgan fingerprint density at radius 2 is 1.12 bits per heavy atom. The molecule has 6 aliphatic rings. The summed E-state index contributed by atoms with van der Waals surface area (Å²) in [7, 11) is 4.21. The quantitative estimate of drug-likeness (QED) is 0.0888. The molecule has 0 spiro atoms. The second-order valence-corrected chi connectivity index (χ2v) is 20.9. The van der Waals surface area contributed by atoms with Gasteiger partial charge in [-0.05, 0) is 127 Å². The number of nitrogens with one attached hydrogen (secondary N) is 4. The number of aromatic amines is 2. The Bertz CT molecular complexity index is 2640. The molecule has 4 aliphatic carbocycles. The van der Waals surface area contributed by atoms with Crippen molar-refractivity contribution in [3.8, 4) is 33.6 Å². The normalized spacial score (nSPS) is 26.2. The molecule has 4 aromatic rings. The van der Waals surface area contributed by atoms with E-state index in [9.17, 15) is 19.2 Å². The minimum atomic E-state index is -1.04. The van der Waals surface area contributed by atoms with Crippen molar-refractivity contribution in [1.29, 1.82) is 0 Å². The number of ether oxygens (including phenoxy) is 4. The fourth-order valence-electron chi connectivity index (χ4n) is 13.2. The van der Waals surface area contributed by atoms with Crippen LogP contribution in [0.25, 0.3) is 33.6 Å². The first-order valence-electron chi connectivity index (χ1n) is 25.2. The first-order valence-corrected chi connectivity index (χ1v) is 25.2. The molecule has 10 rings (SSSR count). The highest BCUT2D eigenvalue weighted by Gasteiger charge is 2.51. The largest absolute Gasteiger partial charge is 0.453 e. The molecule has 2 aliphatic heterocycles. The van der Waals surface area contributed by atoms with E-state index in [1.165, 1.54) is 72.4 Å². The van der Waals surface area contributed by atoms with Gasteiger partial charge < -0.3 is 49.3 Å². The number of methoxy groups -OCH3 is 3. The Morgan fingerprint density at radius 3 is 1.57 bits per heavy atom. The third-order valence-electron chi connectivity index (χ3n) is 16.4. The van der Waals surface area contributed by atoms with Crippen molar-refractivity contribution >= 4 is 24.0 Å². The van der Waals surface area contributed by atoms with Crippen LogP contribution in [-0.4, -0.2) is 113 Å². The number of H-pyrrole nitrogens is 2. The van der Waals surface area contributed by atoms with Crippen LogP contribution in [0.2, 0.25) is 0 Å². The molecule has 9 atom stereocenters. The molecule has 4 heterocycles. The summed E-state index contributed by atoms with van der Waals surface area (Å²) in [6.07, 6.45) is 11.6. The van der Waals surface area contributed by atoms with E-state index >= 15 is 0 Å². The third-order valence-corrected chi connectivity index (χ3v) is 16.4. The number of fused-ring (bicyclic) bond motifs is 10. The molecular formula is C53H68N8O8. The maximum atomic E-state index is 14.4. The average Bonchev–Trinajstić information content (AvgIpc) is 4.21. The fourth-order valence-corrected chi connectivity index (χ4v) is 13.2. The number of hydrogen-bond donors (Lipinski definition) is 4. The smallest absolute Gasteiger partial charge is 0.407 e. The summed E-state index contributed by atoms with van der Waals surface area (Å²) in [5.41, 5.74) is 12.7. The lowest BCUT2D eigenvalue weighted by molar-refractivity contribution is -0.210. The first kappa shape index (κ1) is 47.0. The number of hydrogen-bond acceptors (Lipinski definition) is 10. The molecule has 0 radical (unpaired) electrons. The third kappa shape index (κ3) is 8.08. The molecule has 2 saturated carbocycles. The number of amides is 4. The van der Waals surface area contributed by atoms with Crippen LogP contribution in [0, 0.1) is 11.8 Å². The van der Waals surface area contributed by atoms with Crippen molar-refractivity contribution in [3.63, 3.8) is 0 Å². The molecular weight excluding hydrogens is 877 g/mol. The molecule has 4 fully saturated rings. The van der Waals surface area contributed by atoms with E-state index in [2.05, 4.69) is 44.9 Å². The van der Waals surface area contributed by atoms with Crippen LogP contribution in [0.5, 0.6) is 0 Å². The highest BCUT2D eigenvalue weighted by atomic mass is 16.7. The van der Waals surface area contributed by atoms with E-state index in [4.69, 9.17) is 28.9 Å². The molecule has 4 amide bonds. The molecule has 16 nitrogen and oxygen atoms in total. The lowest BCUT2D eigenvalue weighted by atomic mass is 9.78. The van der Waals surface area contributed by atoms with Crippen LogP contribution in [0.15, 0.2) is 36.7 Å². The van der Waals surface area contributed by atoms with E-state index in [0.29, 0.717) is 49.1 Å². The minimum absolute atomic E-state index is 0.110. The summed E-state index contributed by atoms with van der Waals surface area (Å²) < 4.78 is 21.9. The first-order chi connectivity index (χ1) is 33.3. The number of carbonyl (C=O) groups is 4. The van der Waals surface area contributed by atoms with Crippen LogP contribution >= 0.6 is 0 Å². The number of alkyl carbamates (subject to hydrolysis) is 2. The van der Waals surface area contributed by atoms with E-state index in [1.807, 2.05) is 51.9 Å². The Hall–Kier alpha value is -5.74. The van der Waals surface area contributed by atoms with Crippen LogP contribution in [0.3, 0.4) is 0 Å². The van der Waals surface area contributed by atoms with Gasteiger partial charge in [0.2, 0.25) is 11.8 Å². The molecule has 2 aromatic heterocycles. The van der Waals surface area contributed by atoms with Gasteiger partial charge in [-0.1, -0.05) is 52.0 Å². The Balaban J connectivity index is 0.975. The molecule has 4 N–H and O–H groups in total. The zero-order valence-corrected chi connectivity index (χ0v) is 41.3. The van der Waals surface area contributed by atoms with Crippen LogP contribution in [0.1, 0.15) is 162 Å². The van der Waals surface area contributed by atoms with Gasteiger partial charge in [0.1, 0.15) is 23.7 Å². The van der Waals surface area contributed by atoms with Gasteiger partial charge in [-0.25, -0.2) is 19.6 Å². The van der Waals surface area contributed by atoms with E-state index < -0.39 is 36.1 Å². The fraction of sp³-hybridized carbons (Fsp3) is 0.585. The number of nitrogens with zero attached hydrogens (tertiary/aromatic N) is 4. The molecule has 16 heteroatoms. The molecule has 5 unspecified atom stereocenters. The van der Waals surface area contributed by atoms with Gasteiger partial charge in [0.25, 0.3) is 0 Å². The van der Waals surface area contributed by atoms with Gasteiger partial charge in [-0.2, -0.15) is 0 Å². The van der Waals surface area contributed by atoms with Crippen molar-refractivity contribution in [3.05, 3.63) is 70.6 Å². The van der Waals surface area contributed by atoms with Crippen molar-refractivity contribution in [2.75, 3.05) is 41.0 Å². The molecule has 2 aromatic carbocycles.